The van der Waals surface area contributed by atoms with E-state index in [2.05, 4.69) is 26.2 Å². The molecule has 1 amide bonds. The van der Waals surface area contributed by atoms with E-state index in [9.17, 15) is 4.79 Å². The Kier molecular flexibility index (Phi) is 4.21. The van der Waals surface area contributed by atoms with Crippen LogP contribution in [0.25, 0.3) is 0 Å². The molecule has 4 nitrogen and oxygen atoms in total. The maximum absolute atomic E-state index is 12.3. The van der Waals surface area contributed by atoms with Gasteiger partial charge >= 0.3 is 0 Å². The number of aromatic nitrogens is 1. The van der Waals surface area contributed by atoms with Gasteiger partial charge in [0, 0.05) is 27.3 Å². The quantitative estimate of drug-likeness (QED) is 0.843. The maximum Gasteiger partial charge on any atom is 0.252 e. The summed E-state index contributed by atoms with van der Waals surface area (Å²) in [5, 5.41) is 5.70. The molecular formula is C13H14BrN3OS. The number of amides is 1. The van der Waals surface area contributed by atoms with Crippen molar-refractivity contribution in [2.24, 2.45) is 0 Å². The van der Waals surface area contributed by atoms with Crippen molar-refractivity contribution >= 4 is 38.9 Å². The molecule has 1 unspecified atom stereocenters. The number of nitrogen functional groups attached to an aromatic ring is 1. The molecule has 0 fully saturated rings. The zero-order chi connectivity index (χ0) is 14.0. The lowest BCUT2D eigenvalue weighted by Gasteiger charge is -2.14. The van der Waals surface area contributed by atoms with Gasteiger partial charge in [-0.3, -0.25) is 4.79 Å². The van der Waals surface area contributed by atoms with Crippen molar-refractivity contribution < 1.29 is 4.79 Å². The van der Waals surface area contributed by atoms with Gasteiger partial charge in [0.25, 0.3) is 5.91 Å². The number of anilines is 1. The highest BCUT2D eigenvalue weighted by Crippen LogP contribution is 2.23. The van der Waals surface area contributed by atoms with Crippen LogP contribution in [-0.2, 0) is 0 Å². The summed E-state index contributed by atoms with van der Waals surface area (Å²) in [7, 11) is 0. The molecule has 2 rings (SSSR count). The minimum absolute atomic E-state index is 0.118. The largest absolute Gasteiger partial charge is 0.398 e. The van der Waals surface area contributed by atoms with E-state index in [1.54, 1.807) is 18.3 Å². The van der Waals surface area contributed by atoms with E-state index in [1.807, 2.05) is 19.2 Å². The first kappa shape index (κ1) is 14.0. The predicted octanol–water partition coefficient (Wildman–Crippen LogP) is 3.29. The minimum Gasteiger partial charge on any atom is -0.398 e. The molecule has 2 aromatic rings. The average molecular weight is 340 g/mol. The number of thiazole rings is 1. The second-order valence-corrected chi connectivity index (χ2v) is 6.07. The van der Waals surface area contributed by atoms with Crippen LogP contribution in [0.15, 0.2) is 28.2 Å². The van der Waals surface area contributed by atoms with Gasteiger partial charge in [-0.25, -0.2) is 4.98 Å². The standard InChI is InChI=1S/C13H14BrN3OS/c1-7-10(5-9(14)6-11(7)15)12(18)17-8(2)13-16-3-4-19-13/h3-6,8H,15H2,1-2H3,(H,17,18). The molecule has 6 heteroatoms. The maximum atomic E-state index is 12.3. The number of hydrogen-bond donors (Lipinski definition) is 2. The fraction of sp³-hybridized carbons (Fsp3) is 0.231. The van der Waals surface area contributed by atoms with Gasteiger partial charge in [-0.05, 0) is 31.5 Å². The first-order chi connectivity index (χ1) is 8.99. The Hall–Kier alpha value is -1.40. The van der Waals surface area contributed by atoms with Gasteiger partial charge in [-0.1, -0.05) is 15.9 Å². The van der Waals surface area contributed by atoms with E-state index in [0.29, 0.717) is 11.3 Å². The van der Waals surface area contributed by atoms with Crippen molar-refractivity contribution in [3.63, 3.8) is 0 Å². The Morgan fingerprint density at radius 3 is 2.89 bits per heavy atom. The summed E-state index contributed by atoms with van der Waals surface area (Å²) in [4.78, 5) is 16.5. The van der Waals surface area contributed by atoms with E-state index < -0.39 is 0 Å². The van der Waals surface area contributed by atoms with Gasteiger partial charge in [0.05, 0.1) is 6.04 Å². The van der Waals surface area contributed by atoms with E-state index in [-0.39, 0.29) is 11.9 Å². The van der Waals surface area contributed by atoms with Crippen LogP contribution < -0.4 is 11.1 Å². The van der Waals surface area contributed by atoms with Crippen molar-refractivity contribution in [2.75, 3.05) is 5.73 Å². The second-order valence-electron chi connectivity index (χ2n) is 4.23. The summed E-state index contributed by atoms with van der Waals surface area (Å²) in [6, 6.07) is 3.44. The summed E-state index contributed by atoms with van der Waals surface area (Å²) in [5.74, 6) is -0.145. The van der Waals surface area contributed by atoms with Gasteiger partial charge in [0.1, 0.15) is 5.01 Å². The summed E-state index contributed by atoms with van der Waals surface area (Å²) in [6.07, 6.45) is 1.73. The number of carbonyl (C=O) groups is 1. The lowest BCUT2D eigenvalue weighted by molar-refractivity contribution is 0.0939. The summed E-state index contributed by atoms with van der Waals surface area (Å²) in [5.41, 5.74) is 7.83. The zero-order valence-corrected chi connectivity index (χ0v) is 13.0. The fourth-order valence-corrected chi connectivity index (χ4v) is 2.84. The number of rotatable bonds is 3. The van der Waals surface area contributed by atoms with Crippen LogP contribution in [0.1, 0.15) is 33.9 Å². The van der Waals surface area contributed by atoms with E-state index in [4.69, 9.17) is 5.73 Å². The van der Waals surface area contributed by atoms with Crippen molar-refractivity contribution in [3.8, 4) is 0 Å². The molecule has 1 aromatic heterocycles. The van der Waals surface area contributed by atoms with Gasteiger partial charge in [-0.2, -0.15) is 0 Å². The van der Waals surface area contributed by atoms with Gasteiger partial charge < -0.3 is 11.1 Å². The molecule has 1 aromatic carbocycles. The van der Waals surface area contributed by atoms with Crippen molar-refractivity contribution in [1.82, 2.24) is 10.3 Å². The van der Waals surface area contributed by atoms with Crippen LogP contribution in [0, 0.1) is 6.92 Å². The van der Waals surface area contributed by atoms with Crippen molar-refractivity contribution in [3.05, 3.63) is 44.3 Å². The summed E-state index contributed by atoms with van der Waals surface area (Å²) >= 11 is 4.87. The molecule has 0 aliphatic heterocycles. The first-order valence-electron chi connectivity index (χ1n) is 5.75. The number of carbonyl (C=O) groups excluding carboxylic acids is 1. The lowest BCUT2D eigenvalue weighted by atomic mass is 10.1. The van der Waals surface area contributed by atoms with Crippen LogP contribution in [0.4, 0.5) is 5.69 Å². The van der Waals surface area contributed by atoms with E-state index in [1.165, 1.54) is 11.3 Å². The molecule has 19 heavy (non-hydrogen) atoms. The number of nitrogens with one attached hydrogen (secondary N) is 1. The Bertz CT molecular complexity index is 598. The van der Waals surface area contributed by atoms with E-state index >= 15 is 0 Å². The van der Waals surface area contributed by atoms with Crippen LogP contribution in [0.2, 0.25) is 0 Å². The molecule has 3 N–H and O–H groups in total. The monoisotopic (exact) mass is 339 g/mol. The van der Waals surface area contributed by atoms with Gasteiger partial charge in [0.15, 0.2) is 0 Å². The third-order valence-corrected chi connectivity index (χ3v) is 4.24. The molecule has 1 heterocycles. The molecule has 0 radical (unpaired) electrons. The Balaban J connectivity index is 2.21. The fourth-order valence-electron chi connectivity index (χ4n) is 1.72. The van der Waals surface area contributed by atoms with Crippen LogP contribution in [0.3, 0.4) is 0 Å². The second kappa shape index (κ2) is 5.71. The zero-order valence-electron chi connectivity index (χ0n) is 10.6. The normalized spacial score (nSPS) is 12.2. The Labute approximate surface area is 124 Å². The summed E-state index contributed by atoms with van der Waals surface area (Å²) in [6.45, 7) is 3.75. The number of hydrogen-bond acceptors (Lipinski definition) is 4. The number of benzene rings is 1. The van der Waals surface area contributed by atoms with Crippen LogP contribution in [-0.4, -0.2) is 10.9 Å². The lowest BCUT2D eigenvalue weighted by Crippen LogP contribution is -2.27. The topological polar surface area (TPSA) is 68.0 Å². The number of nitrogens with two attached hydrogens (primary N) is 1. The van der Waals surface area contributed by atoms with Crippen molar-refractivity contribution in [2.45, 2.75) is 19.9 Å². The molecule has 0 aliphatic carbocycles. The number of halogens is 1. The molecule has 0 spiro atoms. The molecule has 0 saturated heterocycles. The minimum atomic E-state index is -0.145. The average Bonchev–Trinajstić information content (AvgIpc) is 2.87. The predicted molar refractivity (Wildman–Crippen MR) is 81.3 cm³/mol. The smallest absolute Gasteiger partial charge is 0.252 e. The van der Waals surface area contributed by atoms with Gasteiger partial charge in [0.2, 0.25) is 0 Å². The van der Waals surface area contributed by atoms with Crippen LogP contribution in [0.5, 0.6) is 0 Å². The Morgan fingerprint density at radius 2 is 2.26 bits per heavy atom. The SMILES string of the molecule is Cc1c(N)cc(Br)cc1C(=O)NC(C)c1nccs1. The summed E-state index contributed by atoms with van der Waals surface area (Å²) < 4.78 is 0.794. The number of nitrogens with zero attached hydrogens (tertiary/aromatic N) is 1. The molecule has 100 valence electrons. The third-order valence-electron chi connectivity index (χ3n) is 2.83. The van der Waals surface area contributed by atoms with Crippen LogP contribution >= 0.6 is 27.3 Å². The molecule has 1 atom stereocenters. The van der Waals surface area contributed by atoms with Crippen molar-refractivity contribution in [1.29, 1.82) is 0 Å². The Morgan fingerprint density at radius 1 is 1.53 bits per heavy atom. The highest BCUT2D eigenvalue weighted by Gasteiger charge is 2.16. The van der Waals surface area contributed by atoms with Gasteiger partial charge in [-0.15, -0.1) is 11.3 Å². The molecule has 0 saturated carbocycles. The highest BCUT2D eigenvalue weighted by atomic mass is 79.9. The first-order valence-corrected chi connectivity index (χ1v) is 7.42. The molecule has 0 bridgehead atoms. The molecular weight excluding hydrogens is 326 g/mol. The highest BCUT2D eigenvalue weighted by molar-refractivity contribution is 9.10. The third kappa shape index (κ3) is 3.13. The molecule has 0 aliphatic rings. The van der Waals surface area contributed by atoms with E-state index in [0.717, 1.165) is 15.0 Å².